The molecular weight excluding hydrogens is 282 g/mol. The summed E-state index contributed by atoms with van der Waals surface area (Å²) in [4.78, 5) is 13.7. The Balaban J connectivity index is 1.93. The Labute approximate surface area is 128 Å². The van der Waals surface area contributed by atoms with Gasteiger partial charge in [0.05, 0.1) is 23.9 Å². The number of carbonyl (C=O) groups excluding carboxylic acids is 1. The zero-order valence-corrected chi connectivity index (χ0v) is 12.8. The number of amides is 1. The first kappa shape index (κ1) is 15.6. The number of benzene rings is 1. The molecule has 0 aliphatic carbocycles. The smallest absolute Gasteiger partial charge is 0.260 e. The van der Waals surface area contributed by atoms with Gasteiger partial charge >= 0.3 is 0 Å². The highest BCUT2D eigenvalue weighted by Gasteiger charge is 2.15. The van der Waals surface area contributed by atoms with Gasteiger partial charge in [0.15, 0.2) is 6.61 Å². The lowest BCUT2D eigenvalue weighted by Crippen LogP contribution is -2.31. The highest BCUT2D eigenvalue weighted by atomic mass is 16.5. The monoisotopic (exact) mass is 299 g/mol. The fourth-order valence-corrected chi connectivity index (χ4v) is 1.96. The summed E-state index contributed by atoms with van der Waals surface area (Å²) in [6.45, 7) is 3.99. The van der Waals surface area contributed by atoms with Crippen molar-refractivity contribution in [2.75, 3.05) is 13.7 Å². The third-order valence-electron chi connectivity index (χ3n) is 3.33. The molecular formula is C16H17N3O3. The van der Waals surface area contributed by atoms with E-state index in [2.05, 4.69) is 5.16 Å². The van der Waals surface area contributed by atoms with Gasteiger partial charge in [0.2, 0.25) is 0 Å². The third kappa shape index (κ3) is 3.64. The number of nitrogens with zero attached hydrogens (tertiary/aromatic N) is 3. The molecule has 0 spiro atoms. The molecule has 0 atom stereocenters. The second-order valence-corrected chi connectivity index (χ2v) is 4.98. The van der Waals surface area contributed by atoms with E-state index in [0.717, 1.165) is 11.3 Å². The van der Waals surface area contributed by atoms with Gasteiger partial charge in [-0.3, -0.25) is 4.79 Å². The fraction of sp³-hybridized carbons (Fsp3) is 0.312. The van der Waals surface area contributed by atoms with Crippen molar-refractivity contribution < 1.29 is 14.1 Å². The summed E-state index contributed by atoms with van der Waals surface area (Å²) in [7, 11) is 1.70. The molecule has 0 radical (unpaired) electrons. The van der Waals surface area contributed by atoms with Crippen molar-refractivity contribution in [2.45, 2.75) is 20.4 Å². The topological polar surface area (TPSA) is 79.4 Å². The molecule has 0 saturated heterocycles. The van der Waals surface area contributed by atoms with Crippen LogP contribution in [-0.2, 0) is 11.3 Å². The van der Waals surface area contributed by atoms with Crippen LogP contribution >= 0.6 is 0 Å². The lowest BCUT2D eigenvalue weighted by atomic mass is 10.2. The molecule has 0 unspecified atom stereocenters. The van der Waals surface area contributed by atoms with Gasteiger partial charge in [0.25, 0.3) is 5.91 Å². The number of carbonyl (C=O) groups is 1. The van der Waals surface area contributed by atoms with Crippen molar-refractivity contribution in [1.29, 1.82) is 5.26 Å². The van der Waals surface area contributed by atoms with E-state index in [4.69, 9.17) is 14.5 Å². The molecule has 0 saturated carbocycles. The molecule has 0 fully saturated rings. The van der Waals surface area contributed by atoms with E-state index in [1.54, 1.807) is 36.2 Å². The van der Waals surface area contributed by atoms with Crippen molar-refractivity contribution in [2.24, 2.45) is 0 Å². The van der Waals surface area contributed by atoms with E-state index in [9.17, 15) is 4.79 Å². The minimum Gasteiger partial charge on any atom is -0.484 e. The predicted octanol–water partition coefficient (Wildman–Crippen LogP) is 2.20. The standard InChI is InChI=1S/C16H17N3O3/c1-11-15(12(2)22-18-11)9-19(3)16(20)10-21-14-6-4-5-13(7-14)8-17/h4-7H,9-10H2,1-3H3. The average molecular weight is 299 g/mol. The third-order valence-corrected chi connectivity index (χ3v) is 3.33. The molecule has 1 heterocycles. The molecule has 114 valence electrons. The fourth-order valence-electron chi connectivity index (χ4n) is 1.96. The van der Waals surface area contributed by atoms with Crippen LogP contribution in [0.5, 0.6) is 5.75 Å². The molecule has 0 bridgehead atoms. The van der Waals surface area contributed by atoms with Crippen LogP contribution in [0.2, 0.25) is 0 Å². The molecule has 0 N–H and O–H groups in total. The Kier molecular flexibility index (Phi) is 4.79. The van der Waals surface area contributed by atoms with E-state index in [1.807, 2.05) is 19.9 Å². The Morgan fingerprint density at radius 1 is 1.45 bits per heavy atom. The maximum absolute atomic E-state index is 12.1. The number of hydrogen-bond donors (Lipinski definition) is 0. The van der Waals surface area contributed by atoms with Crippen LogP contribution in [0.4, 0.5) is 0 Å². The quantitative estimate of drug-likeness (QED) is 0.845. The van der Waals surface area contributed by atoms with Gasteiger partial charge in [-0.05, 0) is 32.0 Å². The van der Waals surface area contributed by atoms with Crippen molar-refractivity contribution in [3.8, 4) is 11.8 Å². The van der Waals surface area contributed by atoms with Gasteiger partial charge in [-0.2, -0.15) is 5.26 Å². The first-order chi connectivity index (χ1) is 10.5. The highest BCUT2D eigenvalue weighted by Crippen LogP contribution is 2.15. The Morgan fingerprint density at radius 2 is 2.23 bits per heavy atom. The van der Waals surface area contributed by atoms with Crippen LogP contribution in [0.1, 0.15) is 22.6 Å². The number of hydrogen-bond acceptors (Lipinski definition) is 5. The Hall–Kier alpha value is -2.81. The van der Waals surface area contributed by atoms with Gasteiger partial charge in [0, 0.05) is 12.6 Å². The normalized spacial score (nSPS) is 10.1. The van der Waals surface area contributed by atoms with E-state index in [0.29, 0.717) is 23.6 Å². The minimum absolute atomic E-state index is 0.0885. The zero-order chi connectivity index (χ0) is 16.1. The predicted molar refractivity (Wildman–Crippen MR) is 79.1 cm³/mol. The lowest BCUT2D eigenvalue weighted by molar-refractivity contribution is -0.132. The van der Waals surface area contributed by atoms with Gasteiger partial charge in [0.1, 0.15) is 11.5 Å². The molecule has 22 heavy (non-hydrogen) atoms. The van der Waals surface area contributed by atoms with Gasteiger partial charge in [-0.1, -0.05) is 11.2 Å². The van der Waals surface area contributed by atoms with E-state index in [-0.39, 0.29) is 12.5 Å². The van der Waals surface area contributed by atoms with Crippen molar-refractivity contribution in [3.05, 3.63) is 46.8 Å². The number of rotatable bonds is 5. The van der Waals surface area contributed by atoms with Crippen LogP contribution in [-0.4, -0.2) is 29.6 Å². The molecule has 0 aliphatic heterocycles. The van der Waals surface area contributed by atoms with Gasteiger partial charge < -0.3 is 14.2 Å². The summed E-state index contributed by atoms with van der Waals surface area (Å²) in [6, 6.07) is 8.73. The first-order valence-corrected chi connectivity index (χ1v) is 6.80. The van der Waals surface area contributed by atoms with Crippen molar-refractivity contribution in [1.82, 2.24) is 10.1 Å². The summed E-state index contributed by atoms with van der Waals surface area (Å²) < 4.78 is 10.5. The number of aromatic nitrogens is 1. The van der Waals surface area contributed by atoms with Crippen LogP contribution in [0.25, 0.3) is 0 Å². The summed E-state index contributed by atoms with van der Waals surface area (Å²) in [5.41, 5.74) is 2.18. The maximum atomic E-state index is 12.1. The molecule has 1 aromatic heterocycles. The number of aryl methyl sites for hydroxylation is 2. The van der Waals surface area contributed by atoms with Crippen molar-refractivity contribution >= 4 is 5.91 Å². The number of nitriles is 1. The SMILES string of the molecule is Cc1noc(C)c1CN(C)C(=O)COc1cccc(C#N)c1. The summed E-state index contributed by atoms with van der Waals surface area (Å²) >= 11 is 0. The lowest BCUT2D eigenvalue weighted by Gasteiger charge is -2.17. The molecule has 1 aromatic carbocycles. The zero-order valence-electron chi connectivity index (χ0n) is 12.8. The van der Waals surface area contributed by atoms with Crippen LogP contribution in [0.3, 0.4) is 0 Å². The Bertz CT molecular complexity index is 696. The molecule has 6 nitrogen and oxygen atoms in total. The first-order valence-electron chi connectivity index (χ1n) is 6.80. The molecule has 6 heteroatoms. The average Bonchev–Trinajstić information content (AvgIpc) is 2.84. The van der Waals surface area contributed by atoms with Crippen LogP contribution in [0, 0.1) is 25.2 Å². The van der Waals surface area contributed by atoms with Crippen LogP contribution in [0.15, 0.2) is 28.8 Å². The molecule has 0 aliphatic rings. The summed E-state index contributed by atoms with van der Waals surface area (Å²) in [5, 5.41) is 12.7. The van der Waals surface area contributed by atoms with E-state index in [1.165, 1.54) is 0 Å². The molecule has 2 aromatic rings. The summed E-state index contributed by atoms with van der Waals surface area (Å²) in [6.07, 6.45) is 0. The molecule has 2 rings (SSSR count). The second-order valence-electron chi connectivity index (χ2n) is 4.98. The second kappa shape index (κ2) is 6.76. The van der Waals surface area contributed by atoms with Gasteiger partial charge in [-0.25, -0.2) is 0 Å². The van der Waals surface area contributed by atoms with Gasteiger partial charge in [-0.15, -0.1) is 0 Å². The minimum atomic E-state index is -0.164. The van der Waals surface area contributed by atoms with E-state index < -0.39 is 0 Å². The number of likely N-dealkylation sites (N-methyl/N-ethyl adjacent to an activating group) is 1. The van der Waals surface area contributed by atoms with Crippen molar-refractivity contribution in [3.63, 3.8) is 0 Å². The Morgan fingerprint density at radius 3 is 2.86 bits per heavy atom. The van der Waals surface area contributed by atoms with E-state index >= 15 is 0 Å². The molecule has 1 amide bonds. The largest absolute Gasteiger partial charge is 0.484 e. The summed E-state index contributed by atoms with van der Waals surface area (Å²) in [5.74, 6) is 1.04. The van der Waals surface area contributed by atoms with Crippen LogP contribution < -0.4 is 4.74 Å². The highest BCUT2D eigenvalue weighted by molar-refractivity contribution is 5.77. The number of ether oxygens (including phenoxy) is 1. The maximum Gasteiger partial charge on any atom is 0.260 e.